The zero-order chi connectivity index (χ0) is 78.1. The molecule has 0 spiro atoms. The van der Waals surface area contributed by atoms with Crippen molar-refractivity contribution in [2.45, 2.75) is 0 Å². The maximum absolute atomic E-state index is 2.35. The molecular weight excluding hydrogens is 1410 g/mol. The van der Waals surface area contributed by atoms with Gasteiger partial charge in [0.15, 0.2) is 0 Å². The first kappa shape index (κ1) is 71.9. The number of hydrogen-bond donors (Lipinski definition) is 0. The van der Waals surface area contributed by atoms with Crippen LogP contribution in [-0.2, 0) is 0 Å². The monoisotopic (exact) mass is 1490 g/mol. The highest BCUT2D eigenvalue weighted by atomic mass is 15.2. The summed E-state index contributed by atoms with van der Waals surface area (Å²) in [6, 6.07) is 176. The lowest BCUT2D eigenvalue weighted by molar-refractivity contribution is 1.28. The number of rotatable bonds is 15. The largest absolute Gasteiger partial charge is 0.311 e. The van der Waals surface area contributed by atoms with E-state index in [0.717, 1.165) is 51.2 Å². The third kappa shape index (κ3) is 15.2. The molecule has 0 aromatic heterocycles. The van der Waals surface area contributed by atoms with Crippen molar-refractivity contribution in [2.75, 3.05) is 14.7 Å². The lowest BCUT2D eigenvalue weighted by atomic mass is 9.89. The van der Waals surface area contributed by atoms with E-state index in [1.165, 1.54) is 131 Å². The molecule has 21 aromatic rings. The average molecular weight is 1490 g/mol. The van der Waals surface area contributed by atoms with E-state index < -0.39 is 0 Å². The van der Waals surface area contributed by atoms with Crippen LogP contribution in [0.2, 0.25) is 0 Å². The van der Waals surface area contributed by atoms with E-state index in [1.54, 1.807) is 0 Å². The Morgan fingerprint density at radius 1 is 0.103 bits per heavy atom. The molecule has 0 heterocycles. The Hall–Kier alpha value is -15.4. The number of nitrogens with zero attached hydrogens (tertiary/aromatic N) is 3. The van der Waals surface area contributed by atoms with Crippen molar-refractivity contribution in [2.24, 2.45) is 0 Å². The van der Waals surface area contributed by atoms with Crippen LogP contribution in [0.4, 0.5) is 51.2 Å². The fourth-order valence-corrected chi connectivity index (χ4v) is 16.6. The maximum atomic E-state index is 2.35. The van der Waals surface area contributed by atoms with Crippen molar-refractivity contribution in [3.8, 4) is 66.8 Å². The molecule has 0 fully saturated rings. The highest BCUT2D eigenvalue weighted by Crippen LogP contribution is 2.45. The van der Waals surface area contributed by atoms with Crippen LogP contribution in [0.1, 0.15) is 0 Å². The van der Waals surface area contributed by atoms with Crippen LogP contribution in [0.25, 0.3) is 131 Å². The minimum atomic E-state index is 1.13. The summed E-state index contributed by atoms with van der Waals surface area (Å²) in [6.45, 7) is 0. The molecule has 0 aliphatic rings. The Labute approximate surface area is 684 Å². The highest BCUT2D eigenvalue weighted by molar-refractivity contribution is 6.08. The number of hydrogen-bond acceptors (Lipinski definition) is 3. The summed E-state index contributed by atoms with van der Waals surface area (Å²) >= 11 is 0. The summed E-state index contributed by atoms with van der Waals surface area (Å²) < 4.78 is 0. The maximum Gasteiger partial charge on any atom is 0.0462 e. The zero-order valence-electron chi connectivity index (χ0n) is 64.6. The molecule has 117 heavy (non-hydrogen) atoms. The van der Waals surface area contributed by atoms with Gasteiger partial charge in [-0.2, -0.15) is 0 Å². The van der Waals surface area contributed by atoms with Crippen LogP contribution < -0.4 is 14.7 Å². The average Bonchev–Trinajstić information content (AvgIpc) is 0.778. The van der Waals surface area contributed by atoms with E-state index >= 15 is 0 Å². The molecule has 3 nitrogen and oxygen atoms in total. The molecule has 0 radical (unpaired) electrons. The van der Waals surface area contributed by atoms with Crippen LogP contribution >= 0.6 is 0 Å². The van der Waals surface area contributed by atoms with Gasteiger partial charge in [0.2, 0.25) is 0 Å². The predicted molar refractivity (Wildman–Crippen MR) is 501 cm³/mol. The minimum Gasteiger partial charge on any atom is -0.311 e. The quantitative estimate of drug-likeness (QED) is 0.101. The van der Waals surface area contributed by atoms with Crippen molar-refractivity contribution in [3.63, 3.8) is 0 Å². The molecule has 21 aromatic carbocycles. The molecule has 3 heteroatoms. The Morgan fingerprint density at radius 3 is 0.675 bits per heavy atom. The third-order valence-electron chi connectivity index (χ3n) is 22.3. The summed E-state index contributed by atoms with van der Waals surface area (Å²) in [6.07, 6.45) is 0. The van der Waals surface area contributed by atoms with Gasteiger partial charge in [-0.05, 0) is 277 Å². The van der Waals surface area contributed by atoms with Crippen LogP contribution in [0.3, 0.4) is 0 Å². The van der Waals surface area contributed by atoms with Crippen LogP contribution in [0.15, 0.2) is 491 Å². The van der Waals surface area contributed by atoms with E-state index in [4.69, 9.17) is 0 Å². The molecule has 0 saturated heterocycles. The molecule has 0 atom stereocenters. The first-order chi connectivity index (χ1) is 58.0. The summed E-state index contributed by atoms with van der Waals surface area (Å²) in [5.74, 6) is 0. The highest BCUT2D eigenvalue weighted by Gasteiger charge is 2.20. The fraction of sp³-hybridized carbons (Fsp3) is 0. The lowest BCUT2D eigenvalue weighted by Gasteiger charge is -2.25. The van der Waals surface area contributed by atoms with Crippen molar-refractivity contribution >= 4 is 116 Å². The Morgan fingerprint density at radius 2 is 0.325 bits per heavy atom. The molecule has 0 saturated carbocycles. The smallest absolute Gasteiger partial charge is 0.0462 e. The first-order valence-corrected chi connectivity index (χ1v) is 40.1. The molecular formula is C114H81N3. The van der Waals surface area contributed by atoms with Crippen LogP contribution in [0.5, 0.6) is 0 Å². The SMILES string of the molecule is c1ccc(N(c2ccccc2)c2ccc(-c3cc4ccccc4cc3-c3ccc4ccccc4c3)cc2)cc1.c1ccc(N(c2ccccc2)c2ccc(-c3cc4ccccc4cc3-c3cccc4ccccc34)cc2)cc1.c1ccc(N(c2ccccc2)c2ccc(-c3ccc(-c4ccc5ccccc5c4)c4ccccc34)cc2)cc1. The normalized spacial score (nSPS) is 11.1. The second-order valence-electron chi connectivity index (χ2n) is 29.5. The summed E-state index contributed by atoms with van der Waals surface area (Å²) in [4.78, 5) is 6.90. The van der Waals surface area contributed by atoms with Crippen molar-refractivity contribution < 1.29 is 0 Å². The Kier molecular flexibility index (Phi) is 20.3. The molecule has 0 bridgehead atoms. The van der Waals surface area contributed by atoms with E-state index in [-0.39, 0.29) is 0 Å². The predicted octanol–water partition coefficient (Wildman–Crippen LogP) is 32.4. The van der Waals surface area contributed by atoms with E-state index in [2.05, 4.69) is 506 Å². The lowest BCUT2D eigenvalue weighted by Crippen LogP contribution is -2.09. The number of para-hydroxylation sites is 6. The first-order valence-electron chi connectivity index (χ1n) is 40.1. The van der Waals surface area contributed by atoms with E-state index in [0.29, 0.717) is 0 Å². The Balaban J connectivity index is 0.000000117. The zero-order valence-corrected chi connectivity index (χ0v) is 64.6. The number of benzene rings is 21. The van der Waals surface area contributed by atoms with Gasteiger partial charge in [0.1, 0.15) is 0 Å². The van der Waals surface area contributed by atoms with Gasteiger partial charge in [-0.15, -0.1) is 0 Å². The summed E-state index contributed by atoms with van der Waals surface area (Å²) in [7, 11) is 0. The molecule has 0 aliphatic heterocycles. The number of fused-ring (bicyclic) bond motifs is 6. The standard InChI is InChI=1S/3C38H27N/c1-3-16-32(17-4-1)39(33-18-5-2-6-19-33)34-24-22-29(23-25-34)37-26-30-13-7-8-14-31(30)27-38(37)36-21-11-15-28-12-9-10-20-35(28)36;1-3-15-34(16-4-1)39(35-17-5-2-6-18-35)36-23-21-29(22-24-36)37-26-31-13-9-10-14-32(31)27-38(37)33-20-19-28-11-7-8-12-30(28)25-33;1-3-13-32(14-4-1)39(33-15-5-2-6-16-33)34-23-21-29(22-24-34)35-25-26-36(38-18-10-9-17-37(35)38)31-20-19-28-11-7-8-12-30(28)27-31/h3*1-27H. The van der Waals surface area contributed by atoms with Crippen molar-refractivity contribution in [1.82, 2.24) is 0 Å². The van der Waals surface area contributed by atoms with Gasteiger partial charge in [-0.3, -0.25) is 0 Å². The Bertz CT molecular complexity index is 6890. The van der Waals surface area contributed by atoms with Gasteiger partial charge in [0, 0.05) is 51.2 Å². The topological polar surface area (TPSA) is 9.72 Å². The molecule has 21 rings (SSSR count). The molecule has 0 amide bonds. The van der Waals surface area contributed by atoms with Gasteiger partial charge in [0.05, 0.1) is 0 Å². The van der Waals surface area contributed by atoms with E-state index in [1.807, 2.05) is 0 Å². The van der Waals surface area contributed by atoms with Crippen molar-refractivity contribution in [1.29, 1.82) is 0 Å². The van der Waals surface area contributed by atoms with Gasteiger partial charge in [0.25, 0.3) is 0 Å². The second kappa shape index (κ2) is 33.1. The van der Waals surface area contributed by atoms with E-state index in [9.17, 15) is 0 Å². The van der Waals surface area contributed by atoms with Gasteiger partial charge >= 0.3 is 0 Å². The fourth-order valence-electron chi connectivity index (χ4n) is 16.6. The summed E-state index contributed by atoms with van der Waals surface area (Å²) in [5, 5.41) is 15.1. The van der Waals surface area contributed by atoms with Crippen molar-refractivity contribution in [3.05, 3.63) is 491 Å². The third-order valence-corrected chi connectivity index (χ3v) is 22.3. The molecule has 0 aliphatic carbocycles. The van der Waals surface area contributed by atoms with Crippen LogP contribution in [-0.4, -0.2) is 0 Å². The number of anilines is 9. The summed E-state index contributed by atoms with van der Waals surface area (Å²) in [5.41, 5.74) is 25.0. The van der Waals surface area contributed by atoms with Crippen LogP contribution in [0, 0.1) is 0 Å². The second-order valence-corrected chi connectivity index (χ2v) is 29.5. The van der Waals surface area contributed by atoms with Gasteiger partial charge in [-0.25, -0.2) is 0 Å². The molecule has 0 unspecified atom stereocenters. The van der Waals surface area contributed by atoms with Gasteiger partial charge < -0.3 is 14.7 Å². The molecule has 552 valence electrons. The minimum absolute atomic E-state index is 1.13. The van der Waals surface area contributed by atoms with Gasteiger partial charge in [-0.1, -0.05) is 346 Å². The molecule has 0 N–H and O–H groups in total.